The first kappa shape index (κ1) is 25.8. The van der Waals surface area contributed by atoms with Crippen LogP contribution in [0, 0.1) is 0 Å². The van der Waals surface area contributed by atoms with Crippen LogP contribution in [0.15, 0.2) is 24.0 Å². The van der Waals surface area contributed by atoms with Gasteiger partial charge >= 0.3 is 47.2 Å². The van der Waals surface area contributed by atoms with Crippen molar-refractivity contribution in [1.82, 2.24) is 29.5 Å². The largest absolute Gasteiger partial charge is 1.00 e. The second-order valence-corrected chi connectivity index (χ2v) is 5.34. The molecule has 5 heterocycles. The SMILES string of the molecule is Nc1ncnc2c1N=[C+]N2.Nc1ncnc2c1ncn2CCO.O=C1OCCO1.[Na+].[OH-]. The van der Waals surface area contributed by atoms with Crippen LogP contribution in [0.5, 0.6) is 0 Å². The first-order chi connectivity index (χ1) is 14.1. The number of carbonyl (C=O) groups excluding carboxylic acids is 1. The molecule has 3 aromatic rings. The molecule has 0 aliphatic carbocycles. The van der Waals surface area contributed by atoms with Crippen molar-refractivity contribution in [3.63, 3.8) is 0 Å². The van der Waals surface area contributed by atoms with Gasteiger partial charge in [0.1, 0.15) is 31.4 Å². The molecule has 16 heteroatoms. The van der Waals surface area contributed by atoms with E-state index >= 15 is 0 Å². The Morgan fingerprint density at radius 3 is 2.39 bits per heavy atom. The summed E-state index contributed by atoms with van der Waals surface area (Å²) in [7, 11) is 0. The van der Waals surface area contributed by atoms with Crippen molar-refractivity contribution in [2.75, 3.05) is 36.6 Å². The Kier molecular flexibility index (Phi) is 10.4. The third kappa shape index (κ3) is 6.65. The molecule has 15 nitrogen and oxygen atoms in total. The fourth-order valence-electron chi connectivity index (χ4n) is 2.19. The summed E-state index contributed by atoms with van der Waals surface area (Å²) < 4.78 is 10.3. The first-order valence-corrected chi connectivity index (χ1v) is 8.24. The summed E-state index contributed by atoms with van der Waals surface area (Å²) >= 11 is 0. The number of ether oxygens (including phenoxy) is 2. The van der Waals surface area contributed by atoms with E-state index < -0.39 is 6.16 Å². The van der Waals surface area contributed by atoms with Gasteiger partial charge in [0.2, 0.25) is 5.82 Å². The monoisotopic (exact) mass is 441 g/mol. The Bertz CT molecular complexity index is 1020. The van der Waals surface area contributed by atoms with Crippen LogP contribution in [-0.2, 0) is 16.0 Å². The summed E-state index contributed by atoms with van der Waals surface area (Å²) in [4.78, 5) is 33.1. The van der Waals surface area contributed by atoms with Crippen molar-refractivity contribution >= 4 is 46.8 Å². The van der Waals surface area contributed by atoms with E-state index in [1.54, 1.807) is 10.9 Å². The van der Waals surface area contributed by atoms with Gasteiger partial charge in [-0.25, -0.2) is 24.7 Å². The van der Waals surface area contributed by atoms with Crippen molar-refractivity contribution in [3.8, 4) is 0 Å². The zero-order valence-electron chi connectivity index (χ0n) is 16.5. The van der Waals surface area contributed by atoms with E-state index in [1.807, 2.05) is 0 Å². The van der Waals surface area contributed by atoms with Gasteiger partial charge in [-0.1, -0.05) is 0 Å². The molecule has 3 aromatic heterocycles. The number of anilines is 3. The molecule has 0 unspecified atom stereocenters. The van der Waals surface area contributed by atoms with Gasteiger partial charge in [0.25, 0.3) is 6.34 Å². The van der Waals surface area contributed by atoms with E-state index in [-0.39, 0.29) is 41.6 Å². The molecule has 31 heavy (non-hydrogen) atoms. The molecule has 0 spiro atoms. The normalized spacial score (nSPS) is 12.2. The molecule has 0 atom stereocenters. The number of nitrogens with two attached hydrogens (primary N) is 2. The number of rotatable bonds is 2. The molecule has 158 valence electrons. The van der Waals surface area contributed by atoms with Crippen molar-refractivity contribution in [3.05, 3.63) is 19.0 Å². The number of carbonyl (C=O) groups is 1. The van der Waals surface area contributed by atoms with Crippen molar-refractivity contribution < 1.29 is 54.4 Å². The van der Waals surface area contributed by atoms with Gasteiger partial charge in [0, 0.05) is 6.54 Å². The number of imidazole rings is 1. The molecule has 0 aromatic carbocycles. The molecule has 1 fully saturated rings. The minimum atomic E-state index is -0.546. The molecule has 2 aliphatic rings. The summed E-state index contributed by atoms with van der Waals surface area (Å²) in [6.45, 7) is 1.35. The molecule has 0 saturated carbocycles. The van der Waals surface area contributed by atoms with Gasteiger partial charge in [-0.2, -0.15) is 5.32 Å². The van der Waals surface area contributed by atoms with E-state index in [9.17, 15) is 4.79 Å². The second-order valence-electron chi connectivity index (χ2n) is 5.34. The summed E-state index contributed by atoms with van der Waals surface area (Å²) in [6.07, 6.45) is 6.32. The van der Waals surface area contributed by atoms with Crippen LogP contribution in [0.25, 0.3) is 11.2 Å². The van der Waals surface area contributed by atoms with Crippen molar-refractivity contribution in [2.45, 2.75) is 6.54 Å². The standard InChI is InChI=1S/C7H9N5O.C5H4N5.C3H4O3.Na.H2O/c8-6-5-7(10-3-9-6)12(1-2-13)4-11-5;6-4-3-5(9-1-7-3)10-2-8-4;4-3-5-1-2-6-3;;/h3-4,13H,1-2H2,(H2,8,9,10);2H,(H3,6,7,8,9,10);1-2H2;;1H2/q;+1;;+1;/p-1. The second kappa shape index (κ2) is 12.5. The number of nitrogens with one attached hydrogen (secondary N) is 1. The number of hydrogen-bond donors (Lipinski definition) is 4. The van der Waals surface area contributed by atoms with Crippen LogP contribution in [0.1, 0.15) is 0 Å². The van der Waals surface area contributed by atoms with Crippen molar-refractivity contribution in [2.24, 2.45) is 4.99 Å². The van der Waals surface area contributed by atoms with E-state index in [2.05, 4.69) is 51.0 Å². The maximum absolute atomic E-state index is 9.80. The van der Waals surface area contributed by atoms with Crippen LogP contribution < -0.4 is 46.3 Å². The number of aliphatic hydroxyl groups excluding tert-OH is 1. The predicted octanol–water partition coefficient (Wildman–Crippen LogP) is -3.60. The Hall–Kier alpha value is -3.20. The fourth-order valence-corrected chi connectivity index (χ4v) is 2.19. The number of nitrogens with zero attached hydrogens (tertiary/aromatic N) is 7. The topological polar surface area (TPSA) is 232 Å². The first-order valence-electron chi connectivity index (χ1n) is 8.24. The summed E-state index contributed by atoms with van der Waals surface area (Å²) in [5.41, 5.74) is 12.8. The average Bonchev–Trinajstić information content (AvgIpc) is 3.46. The number of hydrogen-bond acceptors (Lipinski definition) is 14. The Morgan fingerprint density at radius 2 is 1.77 bits per heavy atom. The maximum Gasteiger partial charge on any atom is 1.00 e. The summed E-state index contributed by atoms with van der Waals surface area (Å²) in [6, 6.07) is 0. The number of aromatic nitrogens is 6. The van der Waals surface area contributed by atoms with E-state index in [1.165, 1.54) is 12.7 Å². The zero-order chi connectivity index (χ0) is 20.6. The maximum atomic E-state index is 9.80. The minimum absolute atomic E-state index is 0. The van der Waals surface area contributed by atoms with Crippen molar-refractivity contribution in [1.29, 1.82) is 0 Å². The molecular weight excluding hydrogens is 423 g/mol. The average molecular weight is 441 g/mol. The van der Waals surface area contributed by atoms with Gasteiger partial charge in [0.15, 0.2) is 11.5 Å². The van der Waals surface area contributed by atoms with Crippen LogP contribution in [-0.4, -0.2) is 72.4 Å². The summed E-state index contributed by atoms with van der Waals surface area (Å²) in [5, 5.41) is 11.4. The van der Waals surface area contributed by atoms with E-state index in [0.29, 0.717) is 54.1 Å². The van der Waals surface area contributed by atoms with E-state index in [0.717, 1.165) is 0 Å². The predicted molar refractivity (Wildman–Crippen MR) is 103 cm³/mol. The molecular formula is C15H18N10NaO5+. The zero-order valence-corrected chi connectivity index (χ0v) is 18.5. The van der Waals surface area contributed by atoms with Gasteiger partial charge in [-0.15, -0.1) is 4.98 Å². The number of aliphatic hydroxyl groups is 1. The minimum Gasteiger partial charge on any atom is -0.870 e. The van der Waals surface area contributed by atoms with E-state index in [4.69, 9.17) is 16.6 Å². The quantitative estimate of drug-likeness (QED) is 0.171. The molecule has 0 amide bonds. The van der Waals surface area contributed by atoms with Gasteiger partial charge in [-0.3, -0.25) is 0 Å². The van der Waals surface area contributed by atoms with Crippen LogP contribution in [0.2, 0.25) is 0 Å². The Morgan fingerprint density at radius 1 is 1.10 bits per heavy atom. The molecule has 0 radical (unpaired) electrons. The number of nitrogen functional groups attached to an aromatic ring is 2. The van der Waals surface area contributed by atoms with Gasteiger partial charge in [-0.05, 0) is 4.99 Å². The number of aliphatic imine (C=N–C) groups is 1. The van der Waals surface area contributed by atoms with Crippen LogP contribution in [0.3, 0.4) is 0 Å². The third-order valence-electron chi connectivity index (χ3n) is 3.49. The Labute approximate surface area is 197 Å². The van der Waals surface area contributed by atoms with Crippen LogP contribution >= 0.6 is 0 Å². The number of fused-ring (bicyclic) bond motifs is 2. The fraction of sp³-hybridized carbons (Fsp3) is 0.267. The summed E-state index contributed by atoms with van der Waals surface area (Å²) in [5.74, 6) is 1.36. The smallest absolute Gasteiger partial charge is 0.870 e. The third-order valence-corrected chi connectivity index (χ3v) is 3.49. The van der Waals surface area contributed by atoms with Gasteiger partial charge < -0.3 is 36.1 Å². The Balaban J connectivity index is 0.000000239. The molecule has 2 aliphatic heterocycles. The molecule has 1 saturated heterocycles. The van der Waals surface area contributed by atoms with Crippen LogP contribution in [0.4, 0.5) is 27.9 Å². The molecule has 5 rings (SSSR count). The van der Waals surface area contributed by atoms with Gasteiger partial charge in [0.05, 0.1) is 12.9 Å². The molecule has 7 N–H and O–H groups in total. The molecule has 0 bridgehead atoms. The number of cyclic esters (lactones) is 2.